The maximum absolute atomic E-state index is 11.8. The molecule has 94 valence electrons. The first-order valence-electron chi connectivity index (χ1n) is 5.82. The number of hydrogen-bond donors (Lipinski definition) is 1. The summed E-state index contributed by atoms with van der Waals surface area (Å²) >= 11 is 1.29. The zero-order chi connectivity index (χ0) is 12.6. The SMILES string of the molecule is CC1(C)CCc2c(sc(=O)n2CCC(=O)O)C1. The number of fused-ring (bicyclic) bond motifs is 1. The summed E-state index contributed by atoms with van der Waals surface area (Å²) in [7, 11) is 0. The van der Waals surface area contributed by atoms with Crippen molar-refractivity contribution in [2.45, 2.75) is 46.1 Å². The molecule has 0 atom stereocenters. The molecule has 1 aliphatic carbocycles. The maximum atomic E-state index is 11.8. The second-order valence-corrected chi connectivity index (χ2v) is 6.42. The summed E-state index contributed by atoms with van der Waals surface area (Å²) in [5.74, 6) is -0.854. The summed E-state index contributed by atoms with van der Waals surface area (Å²) in [6, 6.07) is 0. The van der Waals surface area contributed by atoms with E-state index in [4.69, 9.17) is 5.11 Å². The fraction of sp³-hybridized carbons (Fsp3) is 0.667. The van der Waals surface area contributed by atoms with E-state index in [1.807, 2.05) is 0 Å². The molecule has 0 aliphatic heterocycles. The lowest BCUT2D eigenvalue weighted by Gasteiger charge is -2.29. The zero-order valence-corrected chi connectivity index (χ0v) is 11.0. The van der Waals surface area contributed by atoms with Gasteiger partial charge in [0, 0.05) is 17.1 Å². The molecule has 1 aromatic heterocycles. The lowest BCUT2D eigenvalue weighted by atomic mass is 9.79. The first-order chi connectivity index (χ1) is 7.89. The van der Waals surface area contributed by atoms with Crippen molar-refractivity contribution in [1.29, 1.82) is 0 Å². The van der Waals surface area contributed by atoms with Crippen LogP contribution in [0.1, 0.15) is 37.3 Å². The first-order valence-corrected chi connectivity index (χ1v) is 6.64. The molecule has 1 aromatic rings. The van der Waals surface area contributed by atoms with Crippen molar-refractivity contribution in [3.63, 3.8) is 0 Å². The normalized spacial score (nSPS) is 17.8. The molecule has 5 heteroatoms. The lowest BCUT2D eigenvalue weighted by Crippen LogP contribution is -2.24. The van der Waals surface area contributed by atoms with Crippen LogP contribution in [0.3, 0.4) is 0 Å². The highest BCUT2D eigenvalue weighted by atomic mass is 32.1. The molecule has 0 amide bonds. The van der Waals surface area contributed by atoms with Gasteiger partial charge >= 0.3 is 10.8 Å². The fourth-order valence-corrected chi connectivity index (χ4v) is 3.62. The number of rotatable bonds is 3. The third kappa shape index (κ3) is 2.60. The Kier molecular flexibility index (Phi) is 3.12. The van der Waals surface area contributed by atoms with E-state index < -0.39 is 5.97 Å². The highest BCUT2D eigenvalue weighted by Gasteiger charge is 2.29. The maximum Gasteiger partial charge on any atom is 0.307 e. The second kappa shape index (κ2) is 4.29. The second-order valence-electron chi connectivity index (χ2n) is 5.37. The first kappa shape index (κ1) is 12.4. The molecular formula is C12H17NO3S. The highest BCUT2D eigenvalue weighted by Crippen LogP contribution is 2.35. The van der Waals surface area contributed by atoms with Crippen molar-refractivity contribution in [3.8, 4) is 0 Å². The summed E-state index contributed by atoms with van der Waals surface area (Å²) in [5, 5.41) is 8.68. The Bertz CT molecular complexity index is 498. The molecule has 1 heterocycles. The Morgan fingerprint density at radius 2 is 2.24 bits per heavy atom. The molecule has 0 radical (unpaired) electrons. The van der Waals surface area contributed by atoms with Crippen LogP contribution in [-0.2, 0) is 24.2 Å². The number of carboxylic acid groups (broad SMARTS) is 1. The van der Waals surface area contributed by atoms with Crippen LogP contribution < -0.4 is 4.87 Å². The Morgan fingerprint density at radius 3 is 2.88 bits per heavy atom. The van der Waals surface area contributed by atoms with E-state index in [-0.39, 0.29) is 16.7 Å². The molecule has 17 heavy (non-hydrogen) atoms. The fourth-order valence-electron chi connectivity index (χ4n) is 2.31. The van der Waals surface area contributed by atoms with E-state index >= 15 is 0 Å². The number of thiazole rings is 1. The van der Waals surface area contributed by atoms with Crippen LogP contribution >= 0.6 is 11.3 Å². The summed E-state index contributed by atoms with van der Waals surface area (Å²) < 4.78 is 1.66. The Labute approximate surface area is 104 Å². The van der Waals surface area contributed by atoms with Gasteiger partial charge in [-0.15, -0.1) is 0 Å². The topological polar surface area (TPSA) is 59.3 Å². The summed E-state index contributed by atoms with van der Waals surface area (Å²) in [4.78, 5) is 23.5. The summed E-state index contributed by atoms with van der Waals surface area (Å²) in [6.07, 6.45) is 2.90. The van der Waals surface area contributed by atoms with Crippen LogP contribution in [0.25, 0.3) is 0 Å². The number of hydrogen-bond acceptors (Lipinski definition) is 3. The van der Waals surface area contributed by atoms with E-state index in [0.717, 1.165) is 29.8 Å². The molecular weight excluding hydrogens is 238 g/mol. The minimum Gasteiger partial charge on any atom is -0.481 e. The Balaban J connectivity index is 2.28. The van der Waals surface area contributed by atoms with Crippen molar-refractivity contribution in [3.05, 3.63) is 20.2 Å². The van der Waals surface area contributed by atoms with E-state index in [0.29, 0.717) is 6.54 Å². The Morgan fingerprint density at radius 1 is 1.53 bits per heavy atom. The van der Waals surface area contributed by atoms with E-state index in [2.05, 4.69) is 13.8 Å². The van der Waals surface area contributed by atoms with Crippen molar-refractivity contribution < 1.29 is 9.90 Å². The van der Waals surface area contributed by atoms with Crippen molar-refractivity contribution in [2.75, 3.05) is 0 Å². The van der Waals surface area contributed by atoms with Crippen LogP contribution in [-0.4, -0.2) is 15.6 Å². The van der Waals surface area contributed by atoms with Gasteiger partial charge in [0.05, 0.1) is 6.42 Å². The number of carboxylic acids is 1. The Hall–Kier alpha value is -1.10. The van der Waals surface area contributed by atoms with Gasteiger partial charge < -0.3 is 9.67 Å². The van der Waals surface area contributed by atoms with Crippen LogP contribution in [0.5, 0.6) is 0 Å². The average Bonchev–Trinajstić information content (AvgIpc) is 2.48. The van der Waals surface area contributed by atoms with E-state index in [1.165, 1.54) is 11.3 Å². The minimum absolute atomic E-state index is 0.00560. The predicted molar refractivity (Wildman–Crippen MR) is 66.6 cm³/mol. The van der Waals surface area contributed by atoms with E-state index in [1.54, 1.807) is 4.57 Å². The lowest BCUT2D eigenvalue weighted by molar-refractivity contribution is -0.137. The van der Waals surface area contributed by atoms with Gasteiger partial charge in [-0.1, -0.05) is 25.2 Å². The van der Waals surface area contributed by atoms with Gasteiger partial charge in [-0.2, -0.15) is 0 Å². The van der Waals surface area contributed by atoms with Gasteiger partial charge in [0.25, 0.3) is 0 Å². The molecule has 0 aromatic carbocycles. The monoisotopic (exact) mass is 255 g/mol. The zero-order valence-electron chi connectivity index (χ0n) is 10.2. The molecule has 1 aliphatic rings. The number of aromatic nitrogens is 1. The van der Waals surface area contributed by atoms with Crippen LogP contribution in [0, 0.1) is 5.41 Å². The smallest absolute Gasteiger partial charge is 0.307 e. The molecule has 2 rings (SSSR count). The highest BCUT2D eigenvalue weighted by molar-refractivity contribution is 7.09. The van der Waals surface area contributed by atoms with Gasteiger partial charge in [0.15, 0.2) is 0 Å². The number of aliphatic carboxylic acids is 1. The number of nitrogens with zero attached hydrogens (tertiary/aromatic N) is 1. The summed E-state index contributed by atoms with van der Waals surface area (Å²) in [6.45, 7) is 4.73. The summed E-state index contributed by atoms with van der Waals surface area (Å²) in [5.41, 5.74) is 1.33. The molecule has 0 saturated heterocycles. The van der Waals surface area contributed by atoms with Crippen molar-refractivity contribution in [1.82, 2.24) is 4.57 Å². The molecule has 0 unspecified atom stereocenters. The van der Waals surface area contributed by atoms with Gasteiger partial charge in [-0.05, 0) is 24.7 Å². The largest absolute Gasteiger partial charge is 0.481 e. The van der Waals surface area contributed by atoms with Crippen LogP contribution in [0.2, 0.25) is 0 Å². The molecule has 0 saturated carbocycles. The average molecular weight is 255 g/mol. The minimum atomic E-state index is -0.854. The predicted octanol–water partition coefficient (Wildman–Crippen LogP) is 1.90. The quantitative estimate of drug-likeness (QED) is 0.897. The van der Waals surface area contributed by atoms with Gasteiger partial charge in [0.1, 0.15) is 0 Å². The van der Waals surface area contributed by atoms with Gasteiger partial charge in [-0.25, -0.2) is 0 Å². The molecule has 0 spiro atoms. The van der Waals surface area contributed by atoms with Crippen LogP contribution in [0.4, 0.5) is 0 Å². The molecule has 0 bridgehead atoms. The van der Waals surface area contributed by atoms with Crippen molar-refractivity contribution in [2.24, 2.45) is 5.41 Å². The molecule has 0 fully saturated rings. The number of carbonyl (C=O) groups is 1. The third-order valence-corrected chi connectivity index (χ3v) is 4.33. The third-order valence-electron chi connectivity index (χ3n) is 3.31. The van der Waals surface area contributed by atoms with Gasteiger partial charge in [0.2, 0.25) is 0 Å². The molecule has 1 N–H and O–H groups in total. The van der Waals surface area contributed by atoms with Crippen molar-refractivity contribution >= 4 is 17.3 Å². The standard InChI is InChI=1S/C12H17NO3S/c1-12(2)5-3-8-9(7-12)17-11(16)13(8)6-4-10(14)15/h3-7H2,1-2H3,(H,14,15). The van der Waals surface area contributed by atoms with E-state index in [9.17, 15) is 9.59 Å². The van der Waals surface area contributed by atoms with Crippen LogP contribution in [0.15, 0.2) is 4.79 Å². The van der Waals surface area contributed by atoms with Gasteiger partial charge in [-0.3, -0.25) is 9.59 Å². The molecule has 4 nitrogen and oxygen atoms in total.